The van der Waals surface area contributed by atoms with Gasteiger partial charge in [-0.05, 0) is 84.0 Å². The minimum Gasteiger partial charge on any atom is -0.504 e. The first-order chi connectivity index (χ1) is 17.4. The summed E-state index contributed by atoms with van der Waals surface area (Å²) in [5, 5.41) is 20.3. The summed E-state index contributed by atoms with van der Waals surface area (Å²) in [6.07, 6.45) is 7.50. The molecule has 0 unspecified atom stereocenters. The predicted octanol–water partition coefficient (Wildman–Crippen LogP) is 7.02. The smallest absolute Gasteiger partial charge is 0.205 e. The number of benzene rings is 3. The number of halogens is 1. The number of aromatic nitrogens is 2. The second-order valence-corrected chi connectivity index (χ2v) is 8.53. The molecule has 8 heteroatoms. The lowest BCUT2D eigenvalue weighted by atomic mass is 10.1. The van der Waals surface area contributed by atoms with Crippen molar-refractivity contribution in [3.05, 3.63) is 99.0 Å². The normalized spacial score (nSPS) is 11.3. The molecule has 0 spiro atoms. The molecule has 0 fully saturated rings. The first kappa shape index (κ1) is 25.0. The fourth-order valence-electron chi connectivity index (χ4n) is 3.56. The molecule has 0 aliphatic rings. The van der Waals surface area contributed by atoms with Crippen molar-refractivity contribution in [1.29, 1.82) is 0 Å². The average Bonchev–Trinajstić information content (AvgIpc) is 2.87. The second kappa shape index (κ2) is 11.1. The Bertz CT molecular complexity index is 1530. The van der Waals surface area contributed by atoms with Gasteiger partial charge < -0.3 is 19.7 Å². The molecule has 1 heterocycles. The van der Waals surface area contributed by atoms with Gasteiger partial charge >= 0.3 is 0 Å². The van der Waals surface area contributed by atoms with Gasteiger partial charge in [-0.3, -0.25) is 4.57 Å². The number of hydrogen-bond acceptors (Lipinski definition) is 6. The molecule has 2 N–H and O–H groups in total. The van der Waals surface area contributed by atoms with E-state index in [4.69, 9.17) is 33.3 Å². The Morgan fingerprint density at radius 1 is 0.806 bits per heavy atom. The third-order valence-electron chi connectivity index (χ3n) is 5.34. The fourth-order valence-corrected chi connectivity index (χ4v) is 4.06. The van der Waals surface area contributed by atoms with Gasteiger partial charge in [0.25, 0.3) is 0 Å². The Morgan fingerprint density at radius 3 is 2.00 bits per heavy atom. The zero-order chi connectivity index (χ0) is 25.7. The summed E-state index contributed by atoms with van der Waals surface area (Å²) < 4.78 is 12.6. The number of aromatic hydroxyl groups is 2. The molecule has 6 nitrogen and oxygen atoms in total. The van der Waals surface area contributed by atoms with Crippen LogP contribution >= 0.6 is 23.8 Å². The molecule has 0 atom stereocenters. The van der Waals surface area contributed by atoms with Gasteiger partial charge in [0.2, 0.25) is 4.77 Å². The van der Waals surface area contributed by atoms with Crippen LogP contribution in [-0.4, -0.2) is 34.0 Å². The van der Waals surface area contributed by atoms with Gasteiger partial charge in [0.15, 0.2) is 23.0 Å². The first-order valence-electron chi connectivity index (χ1n) is 10.9. The fraction of sp³-hybridized carbons (Fsp3) is 0.0714. The lowest BCUT2D eigenvalue weighted by Crippen LogP contribution is -2.05. The van der Waals surface area contributed by atoms with E-state index in [1.807, 2.05) is 53.1 Å². The Hall–Kier alpha value is -4.07. The van der Waals surface area contributed by atoms with E-state index in [0.29, 0.717) is 27.0 Å². The molecule has 0 radical (unpaired) electrons. The third-order valence-corrected chi connectivity index (χ3v) is 5.85. The molecule has 3 aromatic carbocycles. The summed E-state index contributed by atoms with van der Waals surface area (Å²) in [5.41, 5.74) is 3.86. The van der Waals surface area contributed by atoms with Crippen LogP contribution in [0.5, 0.6) is 23.0 Å². The Kier molecular flexibility index (Phi) is 7.73. The predicted molar refractivity (Wildman–Crippen MR) is 147 cm³/mol. The number of nitrogens with zero attached hydrogens (tertiary/aromatic N) is 2. The maximum absolute atomic E-state index is 9.90. The number of hydrogen-bond donors (Lipinski definition) is 2. The van der Waals surface area contributed by atoms with Crippen LogP contribution in [-0.2, 0) is 0 Å². The van der Waals surface area contributed by atoms with Crippen LogP contribution in [0.2, 0.25) is 5.02 Å². The van der Waals surface area contributed by atoms with Gasteiger partial charge in [-0.15, -0.1) is 0 Å². The highest BCUT2D eigenvalue weighted by molar-refractivity contribution is 7.71. The van der Waals surface area contributed by atoms with Gasteiger partial charge in [-0.2, -0.15) is 0 Å². The van der Waals surface area contributed by atoms with E-state index in [-0.39, 0.29) is 11.5 Å². The topological polar surface area (TPSA) is 76.7 Å². The zero-order valence-corrected chi connectivity index (χ0v) is 21.1. The number of ether oxygens (including phenoxy) is 2. The Morgan fingerprint density at radius 2 is 1.42 bits per heavy atom. The van der Waals surface area contributed by atoms with E-state index < -0.39 is 0 Å². The third kappa shape index (κ3) is 5.76. The molecule has 0 amide bonds. The number of phenols is 2. The monoisotopic (exact) mass is 518 g/mol. The van der Waals surface area contributed by atoms with Crippen molar-refractivity contribution >= 4 is 48.1 Å². The minimum absolute atomic E-state index is 0.0682. The summed E-state index contributed by atoms with van der Waals surface area (Å²) in [6.45, 7) is 0. The van der Waals surface area contributed by atoms with Crippen molar-refractivity contribution in [3.63, 3.8) is 0 Å². The molecule has 4 rings (SSSR count). The number of phenolic OH excluding ortho intramolecular Hbond substituents is 2. The maximum Gasteiger partial charge on any atom is 0.205 e. The summed E-state index contributed by atoms with van der Waals surface area (Å²) >= 11 is 11.9. The van der Waals surface area contributed by atoms with Crippen LogP contribution in [0.1, 0.15) is 22.5 Å². The molecular formula is C28H23ClN2O4S. The molecule has 0 aliphatic heterocycles. The highest BCUT2D eigenvalue weighted by Crippen LogP contribution is 2.29. The molecule has 0 saturated carbocycles. The summed E-state index contributed by atoms with van der Waals surface area (Å²) in [5.74, 6) is 0.903. The van der Waals surface area contributed by atoms with Crippen LogP contribution in [0.15, 0.2) is 66.7 Å². The molecule has 36 heavy (non-hydrogen) atoms. The van der Waals surface area contributed by atoms with E-state index in [0.717, 1.165) is 22.5 Å². The van der Waals surface area contributed by atoms with Crippen molar-refractivity contribution in [1.82, 2.24) is 9.55 Å². The van der Waals surface area contributed by atoms with E-state index in [9.17, 15) is 10.2 Å². The Balaban J connectivity index is 1.78. The lowest BCUT2D eigenvalue weighted by Gasteiger charge is -2.13. The van der Waals surface area contributed by atoms with Crippen molar-refractivity contribution in [2.45, 2.75) is 0 Å². The zero-order valence-electron chi connectivity index (χ0n) is 19.6. The summed E-state index contributed by atoms with van der Waals surface area (Å²) in [4.78, 5) is 4.59. The standard InChI is InChI=1S/C28H23ClN2O4S/c1-34-26-14-18(8-12-24(26)32)6-10-21-17-23(11-7-19-9-13-25(33)27(15-19)35-2)31(28(36)30-21)22-5-3-4-20(29)16-22/h3-17,32-33H,1-2H3/b10-6+,11-7+. The van der Waals surface area contributed by atoms with Gasteiger partial charge in [0.05, 0.1) is 25.6 Å². The van der Waals surface area contributed by atoms with Crippen LogP contribution in [0, 0.1) is 4.77 Å². The molecule has 4 aromatic rings. The molecular weight excluding hydrogens is 496 g/mol. The molecule has 182 valence electrons. The largest absolute Gasteiger partial charge is 0.504 e. The van der Waals surface area contributed by atoms with Gasteiger partial charge in [-0.25, -0.2) is 4.98 Å². The van der Waals surface area contributed by atoms with E-state index in [1.54, 1.807) is 42.5 Å². The average molecular weight is 519 g/mol. The van der Waals surface area contributed by atoms with Crippen molar-refractivity contribution in [2.75, 3.05) is 14.2 Å². The van der Waals surface area contributed by atoms with E-state index in [1.165, 1.54) is 14.2 Å². The summed E-state index contributed by atoms with van der Waals surface area (Å²) in [7, 11) is 3.01. The van der Waals surface area contributed by atoms with Crippen LogP contribution < -0.4 is 9.47 Å². The van der Waals surface area contributed by atoms with Crippen molar-refractivity contribution in [3.8, 4) is 28.7 Å². The van der Waals surface area contributed by atoms with E-state index >= 15 is 0 Å². The van der Waals surface area contributed by atoms with Crippen molar-refractivity contribution < 1.29 is 19.7 Å². The first-order valence-corrected chi connectivity index (χ1v) is 11.7. The lowest BCUT2D eigenvalue weighted by molar-refractivity contribution is 0.373. The van der Waals surface area contributed by atoms with Crippen LogP contribution in [0.3, 0.4) is 0 Å². The van der Waals surface area contributed by atoms with Gasteiger partial charge in [0, 0.05) is 10.7 Å². The maximum atomic E-state index is 9.90. The molecule has 1 aromatic heterocycles. The molecule has 0 bridgehead atoms. The molecule has 0 saturated heterocycles. The van der Waals surface area contributed by atoms with Crippen LogP contribution in [0.4, 0.5) is 0 Å². The van der Waals surface area contributed by atoms with Gasteiger partial charge in [-0.1, -0.05) is 42.0 Å². The number of methoxy groups -OCH3 is 2. The summed E-state index contributed by atoms with van der Waals surface area (Å²) in [6, 6.07) is 19.5. The molecule has 0 aliphatic carbocycles. The minimum atomic E-state index is 0.0682. The quantitative estimate of drug-likeness (QED) is 0.256. The Labute approximate surface area is 219 Å². The van der Waals surface area contributed by atoms with Crippen molar-refractivity contribution in [2.24, 2.45) is 0 Å². The highest BCUT2D eigenvalue weighted by atomic mass is 35.5. The highest BCUT2D eigenvalue weighted by Gasteiger charge is 2.08. The second-order valence-electron chi connectivity index (χ2n) is 7.73. The number of rotatable bonds is 7. The van der Waals surface area contributed by atoms with Crippen LogP contribution in [0.25, 0.3) is 30.0 Å². The van der Waals surface area contributed by atoms with Gasteiger partial charge in [0.1, 0.15) is 0 Å². The SMILES string of the molecule is COc1cc(/C=C/c2cc(/C=C/c3ccc(O)c(OC)c3)n(-c3cccc(Cl)c3)c(=S)n2)ccc1O. The van der Waals surface area contributed by atoms with E-state index in [2.05, 4.69) is 4.98 Å².